The van der Waals surface area contributed by atoms with Gasteiger partial charge in [-0.2, -0.15) is 5.26 Å². The maximum Gasteiger partial charge on any atom is 0.0672 e. The molecule has 1 rings (SSSR count). The number of hydrogen-bond donors (Lipinski definition) is 1. The molecule has 0 bridgehead atoms. The van der Waals surface area contributed by atoms with Crippen molar-refractivity contribution in [1.29, 1.82) is 5.26 Å². The van der Waals surface area contributed by atoms with Gasteiger partial charge >= 0.3 is 0 Å². The van der Waals surface area contributed by atoms with E-state index in [1.54, 1.807) is 0 Å². The quantitative estimate of drug-likeness (QED) is 0.591. The van der Waals surface area contributed by atoms with E-state index >= 15 is 0 Å². The molecule has 1 N–H and O–H groups in total. The second-order valence-electron chi connectivity index (χ2n) is 2.86. The number of nitrogens with zero attached hydrogens (tertiary/aromatic N) is 1. The van der Waals surface area contributed by atoms with Crippen molar-refractivity contribution in [2.45, 2.75) is 25.3 Å². The Morgan fingerprint density at radius 1 is 1.55 bits per heavy atom. The number of nitrogens with one attached hydrogen (secondary N) is 1. The zero-order valence-corrected chi connectivity index (χ0v) is 6.51. The van der Waals surface area contributed by atoms with Crippen LogP contribution in [0.25, 0.3) is 0 Å². The van der Waals surface area contributed by atoms with Crippen LogP contribution in [-0.2, 0) is 0 Å². The number of terminal acetylenes is 1. The second-order valence-corrected chi connectivity index (χ2v) is 2.86. The van der Waals surface area contributed by atoms with E-state index in [0.29, 0.717) is 12.6 Å². The van der Waals surface area contributed by atoms with E-state index in [1.807, 2.05) is 0 Å². The fourth-order valence-corrected chi connectivity index (χ4v) is 1.55. The standard InChI is InChI=1S/C9H12N2/c1-2-6-11-9-5-3-4-8(9)7-10/h1,8-9,11H,3-6H2. The molecule has 2 atom stereocenters. The SMILES string of the molecule is C#CCNC1CCCC1C#N. The molecule has 0 radical (unpaired) electrons. The van der Waals surface area contributed by atoms with Crippen molar-refractivity contribution in [3.63, 3.8) is 0 Å². The summed E-state index contributed by atoms with van der Waals surface area (Å²) in [6.07, 6.45) is 8.38. The Morgan fingerprint density at radius 2 is 2.36 bits per heavy atom. The molecule has 0 aliphatic heterocycles. The Bertz CT molecular complexity index is 197. The molecule has 0 amide bonds. The van der Waals surface area contributed by atoms with E-state index in [9.17, 15) is 0 Å². The molecule has 0 aromatic carbocycles. The highest BCUT2D eigenvalue weighted by Crippen LogP contribution is 2.24. The van der Waals surface area contributed by atoms with Crippen LogP contribution in [0.4, 0.5) is 0 Å². The zero-order chi connectivity index (χ0) is 8.10. The van der Waals surface area contributed by atoms with Crippen LogP contribution in [0.2, 0.25) is 0 Å². The Kier molecular flexibility index (Phi) is 2.95. The van der Waals surface area contributed by atoms with Crippen molar-refractivity contribution >= 4 is 0 Å². The number of rotatable bonds is 2. The van der Waals surface area contributed by atoms with Gasteiger partial charge in [-0.1, -0.05) is 12.3 Å². The Labute approximate surface area is 67.6 Å². The van der Waals surface area contributed by atoms with E-state index in [1.165, 1.54) is 0 Å². The van der Waals surface area contributed by atoms with E-state index in [0.717, 1.165) is 19.3 Å². The molecule has 1 saturated carbocycles. The van der Waals surface area contributed by atoms with Crippen LogP contribution in [0, 0.1) is 29.6 Å². The summed E-state index contributed by atoms with van der Waals surface area (Å²) >= 11 is 0. The summed E-state index contributed by atoms with van der Waals surface area (Å²) in [4.78, 5) is 0. The molecule has 1 fully saturated rings. The smallest absolute Gasteiger partial charge is 0.0672 e. The lowest BCUT2D eigenvalue weighted by molar-refractivity contribution is 0.491. The fraction of sp³-hybridized carbons (Fsp3) is 0.667. The van der Waals surface area contributed by atoms with Crippen LogP contribution in [0.5, 0.6) is 0 Å². The molecule has 2 unspecified atom stereocenters. The van der Waals surface area contributed by atoms with Gasteiger partial charge in [-0.15, -0.1) is 6.42 Å². The Balaban J connectivity index is 2.34. The third-order valence-corrected chi connectivity index (χ3v) is 2.15. The van der Waals surface area contributed by atoms with E-state index in [4.69, 9.17) is 11.7 Å². The minimum Gasteiger partial charge on any atom is -0.302 e. The monoisotopic (exact) mass is 148 g/mol. The minimum atomic E-state index is 0.184. The molecular formula is C9H12N2. The highest BCUT2D eigenvalue weighted by atomic mass is 14.9. The molecule has 0 heterocycles. The van der Waals surface area contributed by atoms with Crippen LogP contribution in [0.3, 0.4) is 0 Å². The third kappa shape index (κ3) is 1.97. The van der Waals surface area contributed by atoms with Gasteiger partial charge in [-0.05, 0) is 12.8 Å². The first-order valence-electron chi connectivity index (χ1n) is 3.95. The summed E-state index contributed by atoms with van der Waals surface area (Å²) in [7, 11) is 0. The van der Waals surface area contributed by atoms with E-state index in [2.05, 4.69) is 17.3 Å². The van der Waals surface area contributed by atoms with Crippen LogP contribution < -0.4 is 5.32 Å². The van der Waals surface area contributed by atoms with Gasteiger partial charge in [0.25, 0.3) is 0 Å². The van der Waals surface area contributed by atoms with Crippen molar-refractivity contribution in [3.05, 3.63) is 0 Å². The zero-order valence-electron chi connectivity index (χ0n) is 6.51. The second kappa shape index (κ2) is 4.01. The predicted molar refractivity (Wildman–Crippen MR) is 43.6 cm³/mol. The van der Waals surface area contributed by atoms with Crippen LogP contribution in [0.15, 0.2) is 0 Å². The molecule has 0 saturated heterocycles. The lowest BCUT2D eigenvalue weighted by Crippen LogP contribution is -2.31. The van der Waals surface area contributed by atoms with E-state index < -0.39 is 0 Å². The molecule has 1 aliphatic rings. The average Bonchev–Trinajstić information content (AvgIpc) is 2.47. The van der Waals surface area contributed by atoms with Gasteiger partial charge in [0, 0.05) is 6.04 Å². The lowest BCUT2D eigenvalue weighted by Gasteiger charge is -2.12. The van der Waals surface area contributed by atoms with Gasteiger partial charge in [0.15, 0.2) is 0 Å². The topological polar surface area (TPSA) is 35.8 Å². The largest absolute Gasteiger partial charge is 0.302 e. The molecule has 0 spiro atoms. The van der Waals surface area contributed by atoms with E-state index in [-0.39, 0.29) is 5.92 Å². The number of nitriles is 1. The number of hydrogen-bond acceptors (Lipinski definition) is 2. The molecule has 2 heteroatoms. The Morgan fingerprint density at radius 3 is 3.00 bits per heavy atom. The van der Waals surface area contributed by atoms with Crippen molar-refractivity contribution in [2.24, 2.45) is 5.92 Å². The first-order valence-corrected chi connectivity index (χ1v) is 3.95. The summed E-state index contributed by atoms with van der Waals surface area (Å²) in [5.74, 6) is 2.70. The highest BCUT2D eigenvalue weighted by molar-refractivity contribution is 4.98. The first kappa shape index (κ1) is 8.11. The van der Waals surface area contributed by atoms with Crippen molar-refractivity contribution < 1.29 is 0 Å². The third-order valence-electron chi connectivity index (χ3n) is 2.15. The fourth-order valence-electron chi connectivity index (χ4n) is 1.55. The summed E-state index contributed by atoms with van der Waals surface area (Å²) in [6, 6.07) is 2.64. The maximum atomic E-state index is 8.69. The van der Waals surface area contributed by atoms with Crippen molar-refractivity contribution in [3.8, 4) is 18.4 Å². The van der Waals surface area contributed by atoms with Gasteiger partial charge in [0.2, 0.25) is 0 Å². The lowest BCUT2D eigenvalue weighted by atomic mass is 10.1. The predicted octanol–water partition coefficient (Wildman–Crippen LogP) is 0.901. The molecule has 0 aromatic rings. The van der Waals surface area contributed by atoms with Crippen LogP contribution >= 0.6 is 0 Å². The van der Waals surface area contributed by atoms with Gasteiger partial charge in [0.05, 0.1) is 18.5 Å². The summed E-state index contributed by atoms with van der Waals surface area (Å²) in [6.45, 7) is 0.586. The van der Waals surface area contributed by atoms with Crippen LogP contribution in [0.1, 0.15) is 19.3 Å². The molecule has 58 valence electrons. The summed E-state index contributed by atoms with van der Waals surface area (Å²) in [5.41, 5.74) is 0. The molecule has 1 aliphatic carbocycles. The van der Waals surface area contributed by atoms with Gasteiger partial charge in [-0.25, -0.2) is 0 Å². The normalized spacial score (nSPS) is 29.3. The summed E-state index contributed by atoms with van der Waals surface area (Å²) in [5, 5.41) is 11.9. The van der Waals surface area contributed by atoms with Crippen LogP contribution in [-0.4, -0.2) is 12.6 Å². The molecule has 0 aromatic heterocycles. The van der Waals surface area contributed by atoms with Crippen molar-refractivity contribution in [2.75, 3.05) is 6.54 Å². The van der Waals surface area contributed by atoms with Gasteiger partial charge < -0.3 is 5.32 Å². The maximum absolute atomic E-state index is 8.69. The molecule has 11 heavy (non-hydrogen) atoms. The Hall–Kier alpha value is -0.990. The molecular weight excluding hydrogens is 136 g/mol. The highest BCUT2D eigenvalue weighted by Gasteiger charge is 2.25. The molecule has 2 nitrogen and oxygen atoms in total. The average molecular weight is 148 g/mol. The first-order chi connectivity index (χ1) is 5.38. The minimum absolute atomic E-state index is 0.184. The van der Waals surface area contributed by atoms with Gasteiger partial charge in [0.1, 0.15) is 0 Å². The van der Waals surface area contributed by atoms with Crippen molar-refractivity contribution in [1.82, 2.24) is 5.32 Å². The van der Waals surface area contributed by atoms with Gasteiger partial charge in [-0.3, -0.25) is 0 Å². The summed E-state index contributed by atoms with van der Waals surface area (Å²) < 4.78 is 0.